The van der Waals surface area contributed by atoms with Gasteiger partial charge in [-0.15, -0.1) is 0 Å². The Morgan fingerprint density at radius 2 is 1.58 bits per heavy atom. The van der Waals surface area contributed by atoms with Gasteiger partial charge in [0.2, 0.25) is 0 Å². The topological polar surface area (TPSA) is 75.9 Å². The molecular formula is C14H27N5. The average molecular weight is 265 g/mol. The van der Waals surface area contributed by atoms with Gasteiger partial charge in [-0.05, 0) is 6.42 Å². The number of nitrogens with zero attached hydrogens (tertiary/aromatic N) is 2. The summed E-state index contributed by atoms with van der Waals surface area (Å²) in [6.07, 6.45) is 14.0. The third-order valence-corrected chi connectivity index (χ3v) is 3.12. The average Bonchev–Trinajstić information content (AvgIpc) is 2.46. The van der Waals surface area contributed by atoms with Gasteiger partial charge < -0.3 is 10.7 Å². The molecule has 0 saturated carbocycles. The van der Waals surface area contributed by atoms with E-state index in [9.17, 15) is 0 Å². The Labute approximate surface area is 116 Å². The minimum absolute atomic E-state index is 0.584. The largest absolute Gasteiger partial charge is 0.369 e. The van der Waals surface area contributed by atoms with Crippen LogP contribution in [0.1, 0.15) is 58.3 Å². The molecule has 0 aliphatic heterocycles. The first-order chi connectivity index (χ1) is 9.36. The van der Waals surface area contributed by atoms with E-state index < -0.39 is 0 Å². The quantitative estimate of drug-likeness (QED) is 0.325. The summed E-state index contributed by atoms with van der Waals surface area (Å²) in [6, 6.07) is 0. The maximum Gasteiger partial charge on any atom is 0.160 e. The summed E-state index contributed by atoms with van der Waals surface area (Å²) in [7, 11) is 0. The number of hydrazine groups is 1. The van der Waals surface area contributed by atoms with Crippen molar-refractivity contribution in [2.24, 2.45) is 5.84 Å². The van der Waals surface area contributed by atoms with Crippen LogP contribution in [0.3, 0.4) is 0 Å². The Morgan fingerprint density at radius 3 is 2.26 bits per heavy atom. The zero-order valence-corrected chi connectivity index (χ0v) is 12.0. The van der Waals surface area contributed by atoms with Crippen molar-refractivity contribution in [1.82, 2.24) is 9.97 Å². The van der Waals surface area contributed by atoms with Crippen molar-refractivity contribution in [2.75, 3.05) is 17.3 Å². The number of unbranched alkanes of at least 4 members (excludes halogenated alkanes) is 7. The number of aromatic nitrogens is 2. The fourth-order valence-corrected chi connectivity index (χ4v) is 2.00. The van der Waals surface area contributed by atoms with E-state index in [0.29, 0.717) is 5.82 Å². The minimum atomic E-state index is 0.584. The van der Waals surface area contributed by atoms with Crippen LogP contribution in [0.5, 0.6) is 0 Å². The zero-order valence-electron chi connectivity index (χ0n) is 12.0. The number of nitrogens with two attached hydrogens (primary N) is 1. The summed E-state index contributed by atoms with van der Waals surface area (Å²) in [5, 5.41) is 3.26. The summed E-state index contributed by atoms with van der Waals surface area (Å²) in [6.45, 7) is 3.20. The minimum Gasteiger partial charge on any atom is -0.369 e. The van der Waals surface area contributed by atoms with Crippen molar-refractivity contribution < 1.29 is 0 Å². The van der Waals surface area contributed by atoms with Crippen LogP contribution in [0, 0.1) is 0 Å². The lowest BCUT2D eigenvalue weighted by Crippen LogP contribution is -2.11. The third-order valence-electron chi connectivity index (χ3n) is 3.12. The summed E-state index contributed by atoms with van der Waals surface area (Å²) in [4.78, 5) is 8.29. The molecule has 0 unspecified atom stereocenters. The van der Waals surface area contributed by atoms with Crippen LogP contribution in [0.25, 0.3) is 0 Å². The third kappa shape index (κ3) is 7.62. The molecule has 0 aliphatic carbocycles. The van der Waals surface area contributed by atoms with Crippen molar-refractivity contribution in [3.63, 3.8) is 0 Å². The predicted octanol–water partition coefficient (Wildman–Crippen LogP) is 3.31. The predicted molar refractivity (Wildman–Crippen MR) is 80.9 cm³/mol. The van der Waals surface area contributed by atoms with Gasteiger partial charge in [0.25, 0.3) is 0 Å². The first-order valence-corrected chi connectivity index (χ1v) is 7.39. The fraction of sp³-hybridized carbons (Fsp3) is 0.714. The van der Waals surface area contributed by atoms with Crippen molar-refractivity contribution >= 4 is 11.6 Å². The van der Waals surface area contributed by atoms with Crippen LogP contribution in [0.2, 0.25) is 0 Å². The van der Waals surface area contributed by atoms with Crippen LogP contribution in [0.15, 0.2) is 12.4 Å². The van der Waals surface area contributed by atoms with Gasteiger partial charge in [0.1, 0.15) is 5.82 Å². The zero-order chi connectivity index (χ0) is 13.8. The van der Waals surface area contributed by atoms with Gasteiger partial charge >= 0.3 is 0 Å². The fourth-order valence-electron chi connectivity index (χ4n) is 2.00. The molecular weight excluding hydrogens is 238 g/mol. The van der Waals surface area contributed by atoms with E-state index in [1.54, 1.807) is 12.4 Å². The van der Waals surface area contributed by atoms with E-state index in [2.05, 4.69) is 27.6 Å². The van der Waals surface area contributed by atoms with E-state index in [-0.39, 0.29) is 0 Å². The van der Waals surface area contributed by atoms with Crippen LogP contribution in [-0.2, 0) is 0 Å². The maximum absolute atomic E-state index is 5.28. The van der Waals surface area contributed by atoms with Crippen molar-refractivity contribution in [2.45, 2.75) is 58.3 Å². The van der Waals surface area contributed by atoms with Crippen LogP contribution in [0.4, 0.5) is 11.6 Å². The lowest BCUT2D eigenvalue weighted by atomic mass is 10.1. The maximum atomic E-state index is 5.28. The number of nitrogens with one attached hydrogen (secondary N) is 2. The Morgan fingerprint density at radius 1 is 0.947 bits per heavy atom. The first-order valence-electron chi connectivity index (χ1n) is 7.39. The summed E-state index contributed by atoms with van der Waals surface area (Å²) >= 11 is 0. The molecule has 0 aliphatic rings. The highest BCUT2D eigenvalue weighted by atomic mass is 15.3. The monoisotopic (exact) mass is 265 g/mol. The van der Waals surface area contributed by atoms with Gasteiger partial charge in [0, 0.05) is 6.54 Å². The van der Waals surface area contributed by atoms with Crippen molar-refractivity contribution in [1.29, 1.82) is 0 Å². The molecule has 1 aromatic heterocycles. The van der Waals surface area contributed by atoms with Gasteiger partial charge in [-0.25, -0.2) is 10.8 Å². The molecule has 1 rings (SSSR count). The molecule has 19 heavy (non-hydrogen) atoms. The van der Waals surface area contributed by atoms with E-state index >= 15 is 0 Å². The number of rotatable bonds is 11. The van der Waals surface area contributed by atoms with Crippen LogP contribution < -0.4 is 16.6 Å². The smallest absolute Gasteiger partial charge is 0.160 e. The van der Waals surface area contributed by atoms with Crippen LogP contribution in [-0.4, -0.2) is 16.5 Å². The molecule has 0 bridgehead atoms. The molecule has 1 heterocycles. The van der Waals surface area contributed by atoms with Gasteiger partial charge in [-0.2, -0.15) is 0 Å². The number of nitrogen functional groups attached to an aromatic ring is 1. The van der Waals surface area contributed by atoms with Gasteiger partial charge in [0.05, 0.1) is 12.4 Å². The van der Waals surface area contributed by atoms with Gasteiger partial charge in [0.15, 0.2) is 5.82 Å². The molecule has 0 aromatic carbocycles. The number of anilines is 2. The number of hydrogen-bond acceptors (Lipinski definition) is 5. The van der Waals surface area contributed by atoms with Crippen LogP contribution >= 0.6 is 0 Å². The molecule has 1 aromatic rings. The summed E-state index contributed by atoms with van der Waals surface area (Å²) in [5.74, 6) is 6.64. The highest BCUT2D eigenvalue weighted by molar-refractivity contribution is 5.40. The Bertz CT molecular complexity index is 329. The molecule has 4 N–H and O–H groups in total. The van der Waals surface area contributed by atoms with Gasteiger partial charge in [-0.3, -0.25) is 4.98 Å². The lowest BCUT2D eigenvalue weighted by molar-refractivity contribution is 0.581. The Kier molecular flexibility index (Phi) is 8.72. The molecule has 0 amide bonds. The molecule has 0 radical (unpaired) electrons. The van der Waals surface area contributed by atoms with E-state index in [0.717, 1.165) is 12.4 Å². The second kappa shape index (κ2) is 10.6. The highest BCUT2D eigenvalue weighted by Gasteiger charge is 1.96. The first kappa shape index (κ1) is 15.7. The highest BCUT2D eigenvalue weighted by Crippen LogP contribution is 2.09. The van der Waals surface area contributed by atoms with E-state index in [1.165, 1.54) is 51.4 Å². The molecule has 0 fully saturated rings. The van der Waals surface area contributed by atoms with Crippen molar-refractivity contribution in [3.05, 3.63) is 12.4 Å². The summed E-state index contributed by atoms with van der Waals surface area (Å²) in [5.41, 5.74) is 2.49. The second-order valence-electron chi connectivity index (χ2n) is 4.84. The van der Waals surface area contributed by atoms with E-state index in [4.69, 9.17) is 5.84 Å². The second-order valence-corrected chi connectivity index (χ2v) is 4.84. The Hall–Kier alpha value is -1.36. The molecule has 5 nitrogen and oxygen atoms in total. The molecule has 0 saturated heterocycles. The number of hydrogen-bond donors (Lipinski definition) is 3. The SMILES string of the molecule is CCCCCCCCCCNc1cncc(NN)n1. The normalized spacial score (nSPS) is 10.4. The molecule has 0 atom stereocenters. The lowest BCUT2D eigenvalue weighted by Gasteiger charge is -2.06. The molecule has 0 spiro atoms. The summed E-state index contributed by atoms with van der Waals surface area (Å²) < 4.78 is 0. The Balaban J connectivity index is 1.98. The molecule has 108 valence electrons. The standard InChI is InChI=1S/C14H27N5/c1-2-3-4-5-6-7-8-9-10-17-13-11-16-12-14(18-13)19-15/h11-12H,2-10,15H2,1H3,(H2,17,18,19). The molecule has 5 heteroatoms. The van der Waals surface area contributed by atoms with Crippen molar-refractivity contribution in [3.8, 4) is 0 Å². The van der Waals surface area contributed by atoms with Gasteiger partial charge in [-0.1, -0.05) is 51.9 Å². The van der Waals surface area contributed by atoms with E-state index in [1.807, 2.05) is 0 Å².